The van der Waals surface area contributed by atoms with Crippen LogP contribution >= 0.6 is 0 Å². The van der Waals surface area contributed by atoms with Crippen LogP contribution in [0, 0.1) is 5.82 Å². The molecule has 10 heteroatoms. The van der Waals surface area contributed by atoms with Crippen LogP contribution in [0.5, 0.6) is 0 Å². The van der Waals surface area contributed by atoms with E-state index in [-0.39, 0.29) is 24.0 Å². The normalized spacial score (nSPS) is 21.5. The Balaban J connectivity index is 1.60. The highest BCUT2D eigenvalue weighted by atomic mass is 32.2. The number of nitrogens with one attached hydrogen (secondary N) is 2. The van der Waals surface area contributed by atoms with Gasteiger partial charge in [-0.15, -0.1) is 0 Å². The maximum Gasteiger partial charge on any atom is 0.309 e. The largest absolute Gasteiger partial charge is 0.360 e. The molecule has 1 aliphatic heterocycles. The molecule has 2 N–H and O–H groups in total. The summed E-state index contributed by atoms with van der Waals surface area (Å²) >= 11 is 0. The monoisotopic (exact) mass is 427 g/mol. The van der Waals surface area contributed by atoms with Crippen molar-refractivity contribution in [2.45, 2.75) is 55.7 Å². The summed E-state index contributed by atoms with van der Waals surface area (Å²) in [6.07, 6.45) is 4.45. The Hall–Kier alpha value is -2.04. The van der Waals surface area contributed by atoms with Gasteiger partial charge in [0.25, 0.3) is 0 Å². The molecule has 0 spiro atoms. The lowest BCUT2D eigenvalue weighted by atomic mass is 9.95. The second-order valence-corrected chi connectivity index (χ2v) is 9.16. The van der Waals surface area contributed by atoms with E-state index >= 15 is 0 Å². The third kappa shape index (κ3) is 5.52. The number of halogens is 1. The van der Waals surface area contributed by atoms with E-state index in [0.29, 0.717) is 13.0 Å². The second kappa shape index (κ2) is 9.64. The minimum absolute atomic E-state index is 0.00304. The zero-order valence-electron chi connectivity index (χ0n) is 16.1. The lowest BCUT2D eigenvalue weighted by Crippen LogP contribution is -2.53. The molecule has 160 valence electrons. The first-order chi connectivity index (χ1) is 13.9. The molecular weight excluding hydrogens is 401 g/mol. The minimum atomic E-state index is -3.93. The number of nitrogens with zero attached hydrogens (tertiary/aromatic N) is 1. The molecule has 3 rings (SSSR count). The molecule has 1 heterocycles. The summed E-state index contributed by atoms with van der Waals surface area (Å²) in [6.45, 7) is 0.385. The topological polar surface area (TPSA) is 105 Å². The molecule has 1 atom stereocenters. The zero-order valence-corrected chi connectivity index (χ0v) is 16.9. The van der Waals surface area contributed by atoms with Gasteiger partial charge in [0, 0.05) is 12.6 Å². The van der Waals surface area contributed by atoms with Crippen molar-refractivity contribution in [3.8, 4) is 0 Å². The first-order valence-electron chi connectivity index (χ1n) is 9.85. The van der Waals surface area contributed by atoms with Gasteiger partial charge in [0.1, 0.15) is 12.0 Å². The molecule has 1 aromatic carbocycles. The average molecular weight is 427 g/mol. The number of amides is 2. The molecule has 0 bridgehead atoms. The molecule has 1 aliphatic carbocycles. The third-order valence-electron chi connectivity index (χ3n) is 5.16. The first kappa shape index (κ1) is 21.7. The molecule has 2 amide bonds. The number of hydrogen-bond donors (Lipinski definition) is 2. The Labute approximate surface area is 169 Å². The van der Waals surface area contributed by atoms with E-state index in [1.807, 2.05) is 0 Å². The first-order valence-corrected chi connectivity index (χ1v) is 11.3. The van der Waals surface area contributed by atoms with Gasteiger partial charge < -0.3 is 15.4 Å². The Morgan fingerprint density at radius 1 is 1.07 bits per heavy atom. The summed E-state index contributed by atoms with van der Waals surface area (Å²) in [5, 5.41) is 5.18. The molecule has 0 unspecified atom stereocenters. The molecule has 1 saturated heterocycles. The van der Waals surface area contributed by atoms with Crippen LogP contribution < -0.4 is 10.6 Å². The number of carbonyl (C=O) groups excluding carboxylic acids is 2. The van der Waals surface area contributed by atoms with Gasteiger partial charge >= 0.3 is 11.8 Å². The fourth-order valence-corrected chi connectivity index (χ4v) is 5.17. The van der Waals surface area contributed by atoms with Gasteiger partial charge in [-0.1, -0.05) is 19.3 Å². The van der Waals surface area contributed by atoms with E-state index in [1.165, 1.54) is 12.1 Å². The summed E-state index contributed by atoms with van der Waals surface area (Å²) in [6, 6.07) is 4.52. The maximum atomic E-state index is 13.1. The summed E-state index contributed by atoms with van der Waals surface area (Å²) < 4.78 is 45.5. The summed E-state index contributed by atoms with van der Waals surface area (Å²) in [5.41, 5.74) is 0. The van der Waals surface area contributed by atoms with E-state index in [9.17, 15) is 22.4 Å². The summed E-state index contributed by atoms with van der Waals surface area (Å²) in [5.74, 6) is -2.07. The molecule has 1 saturated carbocycles. The fourth-order valence-electron chi connectivity index (χ4n) is 3.60. The van der Waals surface area contributed by atoms with Crippen molar-refractivity contribution in [3.63, 3.8) is 0 Å². The lowest BCUT2D eigenvalue weighted by Gasteiger charge is -2.34. The van der Waals surface area contributed by atoms with Gasteiger partial charge in [-0.05, 0) is 43.5 Å². The van der Waals surface area contributed by atoms with Crippen LogP contribution in [0.2, 0.25) is 0 Å². The highest BCUT2D eigenvalue weighted by Gasteiger charge is 2.35. The lowest BCUT2D eigenvalue weighted by molar-refractivity contribution is -0.140. The smallest absolute Gasteiger partial charge is 0.309 e. The highest BCUT2D eigenvalue weighted by Crippen LogP contribution is 2.22. The van der Waals surface area contributed by atoms with Crippen molar-refractivity contribution in [2.24, 2.45) is 0 Å². The standard InChI is InChI=1S/C19H26FN3O5S/c20-14-7-9-16(10-8-14)29(26,27)23-11-4-12-28-17(23)13-21-18(24)19(25)22-15-5-2-1-3-6-15/h7-10,15,17H,1-6,11-13H2,(H,21,24)(H,22,25)/t17-/m1/s1. The van der Waals surface area contributed by atoms with Crippen molar-refractivity contribution in [1.29, 1.82) is 0 Å². The number of hydrogen-bond acceptors (Lipinski definition) is 5. The molecule has 2 fully saturated rings. The van der Waals surface area contributed by atoms with Gasteiger partial charge in [0.15, 0.2) is 0 Å². The van der Waals surface area contributed by atoms with Crippen LogP contribution in [0.25, 0.3) is 0 Å². The number of benzene rings is 1. The van der Waals surface area contributed by atoms with Crippen LogP contribution in [0.15, 0.2) is 29.2 Å². The van der Waals surface area contributed by atoms with E-state index in [0.717, 1.165) is 48.5 Å². The second-order valence-electron chi connectivity index (χ2n) is 7.27. The molecule has 29 heavy (non-hydrogen) atoms. The molecule has 0 radical (unpaired) electrons. The predicted molar refractivity (Wildman–Crippen MR) is 103 cm³/mol. The van der Waals surface area contributed by atoms with Crippen molar-refractivity contribution in [3.05, 3.63) is 30.1 Å². The predicted octanol–water partition coefficient (Wildman–Crippen LogP) is 1.13. The molecule has 8 nitrogen and oxygen atoms in total. The van der Waals surface area contributed by atoms with E-state index in [2.05, 4.69) is 10.6 Å². The summed E-state index contributed by atoms with van der Waals surface area (Å²) in [7, 11) is -3.93. The van der Waals surface area contributed by atoms with Gasteiger partial charge in [-0.25, -0.2) is 12.8 Å². The number of carbonyl (C=O) groups is 2. The highest BCUT2D eigenvalue weighted by molar-refractivity contribution is 7.89. The van der Waals surface area contributed by atoms with E-state index < -0.39 is 33.9 Å². The number of sulfonamides is 1. The van der Waals surface area contributed by atoms with Crippen LogP contribution in [0.3, 0.4) is 0 Å². The molecule has 2 aliphatic rings. The zero-order chi connectivity index (χ0) is 20.9. The SMILES string of the molecule is O=C(NC[C@H]1OCCCN1S(=O)(=O)c1ccc(F)cc1)C(=O)NC1CCCCC1. The molecular formula is C19H26FN3O5S. The minimum Gasteiger partial charge on any atom is -0.360 e. The number of rotatable bonds is 5. The Bertz CT molecular complexity index is 825. The van der Waals surface area contributed by atoms with Crippen molar-refractivity contribution >= 4 is 21.8 Å². The van der Waals surface area contributed by atoms with Crippen molar-refractivity contribution < 1.29 is 27.1 Å². The quantitative estimate of drug-likeness (QED) is 0.686. The van der Waals surface area contributed by atoms with Crippen LogP contribution in [0.1, 0.15) is 38.5 Å². The van der Waals surface area contributed by atoms with Crippen LogP contribution in [0.4, 0.5) is 4.39 Å². The van der Waals surface area contributed by atoms with E-state index in [4.69, 9.17) is 4.74 Å². The van der Waals surface area contributed by atoms with Crippen molar-refractivity contribution in [1.82, 2.24) is 14.9 Å². The van der Waals surface area contributed by atoms with Crippen molar-refractivity contribution in [2.75, 3.05) is 19.7 Å². The Morgan fingerprint density at radius 2 is 1.76 bits per heavy atom. The summed E-state index contributed by atoms with van der Waals surface area (Å²) in [4.78, 5) is 24.2. The van der Waals surface area contributed by atoms with Gasteiger partial charge in [0.2, 0.25) is 10.0 Å². The molecule has 1 aromatic rings. The van der Waals surface area contributed by atoms with Gasteiger partial charge in [0.05, 0.1) is 18.0 Å². The Morgan fingerprint density at radius 3 is 2.45 bits per heavy atom. The van der Waals surface area contributed by atoms with Gasteiger partial charge in [-0.3, -0.25) is 9.59 Å². The number of ether oxygens (including phenoxy) is 1. The van der Waals surface area contributed by atoms with E-state index in [1.54, 1.807) is 0 Å². The maximum absolute atomic E-state index is 13.1. The molecule has 0 aromatic heterocycles. The fraction of sp³-hybridized carbons (Fsp3) is 0.579. The Kier molecular flexibility index (Phi) is 7.20. The third-order valence-corrected chi connectivity index (χ3v) is 7.06. The van der Waals surface area contributed by atoms with Crippen LogP contribution in [-0.2, 0) is 24.3 Å². The van der Waals surface area contributed by atoms with Gasteiger partial charge in [-0.2, -0.15) is 4.31 Å². The van der Waals surface area contributed by atoms with Crippen LogP contribution in [-0.4, -0.2) is 56.5 Å². The average Bonchev–Trinajstić information content (AvgIpc) is 2.73.